The van der Waals surface area contributed by atoms with Gasteiger partial charge in [-0.05, 0) is 24.6 Å². The predicted molar refractivity (Wildman–Crippen MR) is 69.4 cm³/mol. The highest BCUT2D eigenvalue weighted by Gasteiger charge is 2.28. The Hall–Kier alpha value is -2.37. The Labute approximate surface area is 110 Å². The molecule has 4 N–H and O–H groups in total. The summed E-state index contributed by atoms with van der Waals surface area (Å²) in [6, 6.07) is 4.96. The van der Waals surface area contributed by atoms with E-state index in [1.807, 2.05) is 0 Å². The summed E-state index contributed by atoms with van der Waals surface area (Å²) in [7, 11) is 0. The minimum atomic E-state index is -0.536. The summed E-state index contributed by atoms with van der Waals surface area (Å²) in [5.74, 6) is -1.26. The Morgan fingerprint density at radius 1 is 1.42 bits per heavy atom. The van der Waals surface area contributed by atoms with E-state index < -0.39 is 5.91 Å². The second kappa shape index (κ2) is 5.09. The van der Waals surface area contributed by atoms with Crippen molar-refractivity contribution in [1.82, 2.24) is 5.32 Å². The summed E-state index contributed by atoms with van der Waals surface area (Å²) in [6.45, 7) is 2.06. The second-order valence-corrected chi connectivity index (χ2v) is 4.54. The molecule has 1 aliphatic heterocycles. The molecule has 0 bridgehead atoms. The highest BCUT2D eigenvalue weighted by atomic mass is 16.2. The second-order valence-electron chi connectivity index (χ2n) is 4.54. The van der Waals surface area contributed by atoms with Crippen molar-refractivity contribution in [2.24, 2.45) is 11.7 Å². The largest absolute Gasteiger partial charge is 0.366 e. The number of carbonyl (C=O) groups is 3. The zero-order valence-corrected chi connectivity index (χ0v) is 10.5. The Morgan fingerprint density at radius 3 is 2.74 bits per heavy atom. The van der Waals surface area contributed by atoms with E-state index in [0.717, 1.165) is 0 Å². The molecule has 1 unspecified atom stereocenters. The standard InChI is InChI=1S/C13H15N3O3/c1-7-9(12(14)18)3-2-4-10(7)16-13(19)8-5-11(17)15-6-8/h2-4,8H,5-6H2,1H3,(H2,14,18)(H,15,17)(H,16,19). The highest BCUT2D eigenvalue weighted by molar-refractivity contribution is 6.00. The van der Waals surface area contributed by atoms with Crippen LogP contribution < -0.4 is 16.4 Å². The van der Waals surface area contributed by atoms with E-state index in [0.29, 0.717) is 23.4 Å². The number of rotatable bonds is 3. The molecule has 0 saturated carbocycles. The molecule has 1 aliphatic rings. The van der Waals surface area contributed by atoms with E-state index in [9.17, 15) is 14.4 Å². The van der Waals surface area contributed by atoms with Gasteiger partial charge in [-0.25, -0.2) is 0 Å². The number of primary amides is 1. The summed E-state index contributed by atoms with van der Waals surface area (Å²) < 4.78 is 0. The van der Waals surface area contributed by atoms with Crippen molar-refractivity contribution in [3.8, 4) is 0 Å². The van der Waals surface area contributed by atoms with Crippen LogP contribution in [0.15, 0.2) is 18.2 Å². The van der Waals surface area contributed by atoms with Crippen LogP contribution in [0.2, 0.25) is 0 Å². The highest BCUT2D eigenvalue weighted by Crippen LogP contribution is 2.20. The molecule has 3 amide bonds. The van der Waals surface area contributed by atoms with Gasteiger partial charge in [0, 0.05) is 24.2 Å². The van der Waals surface area contributed by atoms with Crippen LogP contribution in [0, 0.1) is 12.8 Å². The molecule has 0 aliphatic carbocycles. The van der Waals surface area contributed by atoms with Gasteiger partial charge in [-0.3, -0.25) is 14.4 Å². The van der Waals surface area contributed by atoms with Crippen LogP contribution >= 0.6 is 0 Å². The maximum Gasteiger partial charge on any atom is 0.249 e. The van der Waals surface area contributed by atoms with Crippen molar-refractivity contribution >= 4 is 23.4 Å². The minimum Gasteiger partial charge on any atom is -0.366 e. The first kappa shape index (κ1) is 13.1. The SMILES string of the molecule is Cc1c(NC(=O)C2CNC(=O)C2)cccc1C(N)=O. The maximum atomic E-state index is 12.0. The third-order valence-electron chi connectivity index (χ3n) is 3.21. The van der Waals surface area contributed by atoms with E-state index in [1.54, 1.807) is 25.1 Å². The number of amides is 3. The van der Waals surface area contributed by atoms with Gasteiger partial charge in [-0.1, -0.05) is 6.07 Å². The van der Waals surface area contributed by atoms with Crippen LogP contribution in [-0.4, -0.2) is 24.3 Å². The summed E-state index contributed by atoms with van der Waals surface area (Å²) in [5, 5.41) is 5.34. The van der Waals surface area contributed by atoms with Crippen LogP contribution in [0.4, 0.5) is 5.69 Å². The number of hydrogen-bond donors (Lipinski definition) is 3. The number of nitrogens with one attached hydrogen (secondary N) is 2. The minimum absolute atomic E-state index is 0.122. The lowest BCUT2D eigenvalue weighted by Gasteiger charge is -2.13. The number of anilines is 1. The molecule has 100 valence electrons. The zero-order valence-electron chi connectivity index (χ0n) is 10.5. The van der Waals surface area contributed by atoms with Gasteiger partial charge in [-0.2, -0.15) is 0 Å². The van der Waals surface area contributed by atoms with Gasteiger partial charge in [0.25, 0.3) is 0 Å². The first-order valence-corrected chi connectivity index (χ1v) is 5.96. The van der Waals surface area contributed by atoms with Crippen molar-refractivity contribution in [1.29, 1.82) is 0 Å². The van der Waals surface area contributed by atoms with Crippen molar-refractivity contribution in [3.63, 3.8) is 0 Å². The first-order valence-electron chi connectivity index (χ1n) is 5.96. The molecule has 1 aromatic rings. The van der Waals surface area contributed by atoms with Gasteiger partial charge in [0.05, 0.1) is 5.92 Å². The van der Waals surface area contributed by atoms with Crippen LogP contribution in [0.25, 0.3) is 0 Å². The summed E-state index contributed by atoms with van der Waals surface area (Å²) in [5.41, 5.74) is 6.79. The third-order valence-corrected chi connectivity index (χ3v) is 3.21. The van der Waals surface area contributed by atoms with E-state index in [-0.39, 0.29) is 24.2 Å². The molecule has 1 aromatic carbocycles. The fraction of sp³-hybridized carbons (Fsp3) is 0.308. The molecule has 6 heteroatoms. The molecule has 1 atom stereocenters. The lowest BCUT2D eigenvalue weighted by molar-refractivity contribution is -0.123. The summed E-state index contributed by atoms with van der Waals surface area (Å²) >= 11 is 0. The summed E-state index contributed by atoms with van der Waals surface area (Å²) in [4.78, 5) is 34.3. The third kappa shape index (κ3) is 2.73. The first-order chi connectivity index (χ1) is 8.99. The lowest BCUT2D eigenvalue weighted by Crippen LogP contribution is -2.25. The van der Waals surface area contributed by atoms with Gasteiger partial charge in [-0.15, -0.1) is 0 Å². The number of nitrogens with two attached hydrogens (primary N) is 1. The Bertz CT molecular complexity index is 554. The summed E-state index contributed by atoms with van der Waals surface area (Å²) in [6.07, 6.45) is 0.195. The van der Waals surface area contributed by atoms with Gasteiger partial charge < -0.3 is 16.4 Å². The number of benzene rings is 1. The van der Waals surface area contributed by atoms with Crippen molar-refractivity contribution in [2.75, 3.05) is 11.9 Å². The van der Waals surface area contributed by atoms with Crippen LogP contribution in [0.1, 0.15) is 22.3 Å². The van der Waals surface area contributed by atoms with Gasteiger partial charge in [0.15, 0.2) is 0 Å². The molecule has 0 radical (unpaired) electrons. The molecule has 1 heterocycles. The Morgan fingerprint density at radius 2 is 2.16 bits per heavy atom. The Balaban J connectivity index is 2.15. The van der Waals surface area contributed by atoms with Crippen LogP contribution in [0.5, 0.6) is 0 Å². The average molecular weight is 261 g/mol. The predicted octanol–water partition coefficient (Wildman–Crippen LogP) is 0.169. The van der Waals surface area contributed by atoms with Crippen molar-refractivity contribution in [2.45, 2.75) is 13.3 Å². The molecule has 2 rings (SSSR count). The molecular formula is C13H15N3O3. The fourth-order valence-electron chi connectivity index (χ4n) is 2.06. The smallest absolute Gasteiger partial charge is 0.249 e. The van der Waals surface area contributed by atoms with Gasteiger partial charge in [0.1, 0.15) is 0 Å². The number of carbonyl (C=O) groups excluding carboxylic acids is 3. The van der Waals surface area contributed by atoms with Gasteiger partial charge in [0.2, 0.25) is 17.7 Å². The van der Waals surface area contributed by atoms with E-state index >= 15 is 0 Å². The maximum absolute atomic E-state index is 12.0. The molecule has 19 heavy (non-hydrogen) atoms. The van der Waals surface area contributed by atoms with Gasteiger partial charge >= 0.3 is 0 Å². The molecule has 1 saturated heterocycles. The molecule has 1 fully saturated rings. The monoisotopic (exact) mass is 261 g/mol. The molecule has 0 aromatic heterocycles. The quantitative estimate of drug-likeness (QED) is 0.722. The zero-order chi connectivity index (χ0) is 14.0. The fourth-order valence-corrected chi connectivity index (χ4v) is 2.06. The van der Waals surface area contributed by atoms with E-state index in [1.165, 1.54) is 0 Å². The Kier molecular flexibility index (Phi) is 3.50. The van der Waals surface area contributed by atoms with E-state index in [2.05, 4.69) is 10.6 Å². The molecular weight excluding hydrogens is 246 g/mol. The topological polar surface area (TPSA) is 101 Å². The van der Waals surface area contributed by atoms with Crippen LogP contribution in [-0.2, 0) is 9.59 Å². The van der Waals surface area contributed by atoms with E-state index in [4.69, 9.17) is 5.73 Å². The lowest BCUT2D eigenvalue weighted by atomic mass is 10.0. The van der Waals surface area contributed by atoms with Crippen LogP contribution in [0.3, 0.4) is 0 Å². The van der Waals surface area contributed by atoms with Crippen molar-refractivity contribution < 1.29 is 14.4 Å². The number of hydrogen-bond acceptors (Lipinski definition) is 3. The molecule has 6 nitrogen and oxygen atoms in total. The normalized spacial score (nSPS) is 17.9. The van der Waals surface area contributed by atoms with Crippen molar-refractivity contribution in [3.05, 3.63) is 29.3 Å². The average Bonchev–Trinajstić information content (AvgIpc) is 2.78. The molecule has 0 spiro atoms.